The molecule has 0 bridgehead atoms. The normalized spacial score (nSPS) is 14.2. The van der Waals surface area contributed by atoms with Crippen molar-refractivity contribution < 1.29 is 14.3 Å². The van der Waals surface area contributed by atoms with Crippen molar-refractivity contribution in [1.82, 2.24) is 24.8 Å². The van der Waals surface area contributed by atoms with Crippen molar-refractivity contribution in [2.45, 2.75) is 45.4 Å². The zero-order valence-electron chi connectivity index (χ0n) is 41.0. The summed E-state index contributed by atoms with van der Waals surface area (Å²) in [6, 6.07) is 47.8. The van der Waals surface area contributed by atoms with Crippen molar-refractivity contribution in [3.63, 3.8) is 0 Å². The maximum atomic E-state index is 13.7. The molecular weight excluding hydrogens is 1010 g/mol. The Morgan fingerprint density at radius 3 is 1.58 bits per heavy atom. The molecule has 364 valence electrons. The van der Waals surface area contributed by atoms with E-state index in [-0.39, 0.29) is 30.0 Å². The van der Waals surface area contributed by atoms with E-state index in [1.54, 1.807) is 31.8 Å². The number of nitrogens with zero attached hydrogens (tertiary/aromatic N) is 7. The molecule has 0 saturated heterocycles. The SMILES string of the molecule is C#Cc1cccc(-c2cncnc2)c1.CN=C(N)N.Cc1cc(C2(c3cccc(-c4cncnc4)c3)N=C(N)N(C)C2=O)ccc1O[C@H](C)c1ccccc1.Cc1cc(I)ccc1O[C@@H](C)c1ccccc1. The van der Waals surface area contributed by atoms with Crippen LogP contribution in [0.15, 0.2) is 193 Å². The molecule has 6 aromatic carbocycles. The number of nitrogens with two attached hydrogens (primary N) is 3. The van der Waals surface area contributed by atoms with Gasteiger partial charge < -0.3 is 26.7 Å². The largest absolute Gasteiger partial charge is 0.486 e. The van der Waals surface area contributed by atoms with Crippen LogP contribution in [-0.4, -0.2) is 56.8 Å². The monoisotopic (exact) mass is 1070 g/mol. The Morgan fingerprint density at radius 1 is 0.653 bits per heavy atom. The molecule has 2 aromatic heterocycles. The van der Waals surface area contributed by atoms with Crippen LogP contribution < -0.4 is 26.7 Å². The molecule has 72 heavy (non-hydrogen) atoms. The third kappa shape index (κ3) is 13.7. The van der Waals surface area contributed by atoms with E-state index in [1.165, 1.54) is 39.3 Å². The predicted octanol–water partition coefficient (Wildman–Crippen LogP) is 10.4. The van der Waals surface area contributed by atoms with Crippen LogP contribution >= 0.6 is 22.6 Å². The lowest BCUT2D eigenvalue weighted by molar-refractivity contribution is -0.129. The summed E-state index contributed by atoms with van der Waals surface area (Å²) in [5.41, 5.74) is 24.9. The fourth-order valence-corrected chi connectivity index (χ4v) is 8.16. The average molecular weight is 1070 g/mol. The van der Waals surface area contributed by atoms with Gasteiger partial charge in [-0.2, -0.15) is 0 Å². The van der Waals surface area contributed by atoms with Crippen molar-refractivity contribution in [3.05, 3.63) is 226 Å². The topological polar surface area (TPSA) is 193 Å². The molecule has 0 saturated carbocycles. The Balaban J connectivity index is 0.000000193. The van der Waals surface area contributed by atoms with E-state index in [0.29, 0.717) is 5.56 Å². The van der Waals surface area contributed by atoms with Gasteiger partial charge in [0.2, 0.25) is 0 Å². The number of aliphatic imine (C=N–C) groups is 2. The molecule has 1 aliphatic heterocycles. The zero-order valence-corrected chi connectivity index (χ0v) is 43.2. The molecule has 8 aromatic rings. The number of amides is 1. The number of guanidine groups is 2. The number of rotatable bonds is 10. The van der Waals surface area contributed by atoms with Crippen LogP contribution in [0.3, 0.4) is 0 Å². The van der Waals surface area contributed by atoms with E-state index in [9.17, 15) is 4.79 Å². The van der Waals surface area contributed by atoms with Crippen LogP contribution in [0.5, 0.6) is 11.5 Å². The van der Waals surface area contributed by atoms with Gasteiger partial charge in [-0.15, -0.1) is 6.42 Å². The van der Waals surface area contributed by atoms with E-state index >= 15 is 0 Å². The van der Waals surface area contributed by atoms with Crippen LogP contribution in [0, 0.1) is 29.8 Å². The standard InChI is InChI=1S/C29H27N5O2.C15H15IO.C12H8N2.C2H7N3/c1-19-14-25(12-13-26(19)36-20(2)21-8-5-4-6-9-21)29(27(35)34(3)28(30)33-29)24-11-7-10-22(15-24)23-16-31-18-32-17-23;1-11-10-14(16)8-9-15(11)17-12(2)13-6-4-3-5-7-13;1-2-10-4-3-5-11(6-10)12-7-13-9-14-8-12;1-5-2(3)4/h4-18,20H,1-3H3,(H2,30,33);3-10,12H,1-2H3;1,3-9H;1H3,(H4,3,4,5)/t20-,29?;12-;;/m10../s1. The van der Waals surface area contributed by atoms with Crippen LogP contribution in [0.1, 0.15) is 65.0 Å². The van der Waals surface area contributed by atoms with Gasteiger partial charge >= 0.3 is 0 Å². The number of carbonyl (C=O) groups excluding carboxylic acids is 1. The van der Waals surface area contributed by atoms with Crippen LogP contribution in [-0.2, 0) is 10.3 Å². The first-order chi connectivity index (χ1) is 34.7. The average Bonchev–Trinajstić information content (AvgIpc) is 3.65. The van der Waals surface area contributed by atoms with Crippen molar-refractivity contribution in [1.29, 1.82) is 0 Å². The number of hydrogen-bond donors (Lipinski definition) is 3. The molecule has 1 unspecified atom stereocenters. The van der Waals surface area contributed by atoms with Gasteiger partial charge in [0.25, 0.3) is 5.91 Å². The van der Waals surface area contributed by atoms with E-state index in [1.807, 2.05) is 135 Å². The van der Waals surface area contributed by atoms with E-state index in [2.05, 4.69) is 91.6 Å². The lowest BCUT2D eigenvalue weighted by Gasteiger charge is -2.27. The zero-order chi connectivity index (χ0) is 51.6. The van der Waals surface area contributed by atoms with Crippen molar-refractivity contribution in [2.24, 2.45) is 27.2 Å². The highest BCUT2D eigenvalue weighted by Gasteiger charge is 2.49. The van der Waals surface area contributed by atoms with Gasteiger partial charge in [-0.05, 0) is 143 Å². The minimum Gasteiger partial charge on any atom is -0.486 e. The summed E-state index contributed by atoms with van der Waals surface area (Å²) in [6.07, 6.45) is 15.3. The number of aryl methyl sites for hydroxylation is 2. The van der Waals surface area contributed by atoms with Gasteiger partial charge in [0.15, 0.2) is 17.5 Å². The molecule has 0 fully saturated rings. The van der Waals surface area contributed by atoms with Gasteiger partial charge in [-0.3, -0.25) is 14.7 Å². The molecule has 9 rings (SSSR count). The van der Waals surface area contributed by atoms with Crippen LogP contribution in [0.4, 0.5) is 0 Å². The summed E-state index contributed by atoms with van der Waals surface area (Å²) in [5, 5.41) is 0. The summed E-state index contributed by atoms with van der Waals surface area (Å²) in [7, 11) is 3.18. The van der Waals surface area contributed by atoms with E-state index < -0.39 is 5.54 Å². The number of halogens is 1. The van der Waals surface area contributed by atoms with Gasteiger partial charge in [0.1, 0.15) is 36.4 Å². The van der Waals surface area contributed by atoms with Crippen LogP contribution in [0.2, 0.25) is 0 Å². The molecule has 3 atom stereocenters. The number of likely N-dealkylation sites (N-methyl/N-ethyl adjacent to an activating group) is 1. The van der Waals surface area contributed by atoms with Crippen molar-refractivity contribution in [3.8, 4) is 46.1 Å². The fraction of sp³-hybridized carbons (Fsp3) is 0.155. The Labute approximate surface area is 435 Å². The summed E-state index contributed by atoms with van der Waals surface area (Å²) in [5.74, 6) is 4.39. The van der Waals surface area contributed by atoms with Crippen molar-refractivity contribution >= 4 is 40.4 Å². The first-order valence-corrected chi connectivity index (χ1v) is 23.9. The van der Waals surface area contributed by atoms with E-state index in [4.69, 9.17) is 38.1 Å². The molecule has 1 aliphatic rings. The number of carbonyl (C=O) groups is 1. The molecule has 6 N–H and O–H groups in total. The Morgan fingerprint density at radius 2 is 1.12 bits per heavy atom. The molecule has 0 aliphatic carbocycles. The van der Waals surface area contributed by atoms with Crippen LogP contribution in [0.25, 0.3) is 22.3 Å². The van der Waals surface area contributed by atoms with E-state index in [0.717, 1.165) is 56.0 Å². The molecule has 13 nitrogen and oxygen atoms in total. The molecular formula is C58H57IN10O3. The van der Waals surface area contributed by atoms with Crippen molar-refractivity contribution in [2.75, 3.05) is 14.1 Å². The highest BCUT2D eigenvalue weighted by molar-refractivity contribution is 14.1. The summed E-state index contributed by atoms with van der Waals surface area (Å²) >= 11 is 2.31. The number of hydrogen-bond acceptors (Lipinski definition) is 10. The second kappa shape index (κ2) is 25.4. The number of terminal acetylenes is 1. The summed E-state index contributed by atoms with van der Waals surface area (Å²) in [4.78, 5) is 39.4. The first-order valence-electron chi connectivity index (χ1n) is 22.8. The predicted molar refractivity (Wildman–Crippen MR) is 296 cm³/mol. The molecule has 0 radical (unpaired) electrons. The minimum absolute atomic E-state index is 0.0787. The highest BCUT2D eigenvalue weighted by atomic mass is 127. The molecule has 14 heteroatoms. The quantitative estimate of drug-likeness (QED) is 0.0514. The smallest absolute Gasteiger partial charge is 0.266 e. The summed E-state index contributed by atoms with van der Waals surface area (Å²) < 4.78 is 13.5. The maximum Gasteiger partial charge on any atom is 0.266 e. The second-order valence-corrected chi connectivity index (χ2v) is 17.7. The molecule has 0 spiro atoms. The van der Waals surface area contributed by atoms with Gasteiger partial charge in [-0.1, -0.05) is 103 Å². The number of aromatic nitrogens is 4. The Bertz CT molecular complexity index is 3150. The summed E-state index contributed by atoms with van der Waals surface area (Å²) in [6.45, 7) is 8.14. The fourth-order valence-electron chi connectivity index (χ4n) is 7.51. The number of ether oxygens (including phenoxy) is 2. The molecule has 3 heterocycles. The lowest BCUT2D eigenvalue weighted by Crippen LogP contribution is -2.41. The first kappa shape index (κ1) is 52.9. The van der Waals surface area contributed by atoms with Gasteiger partial charge in [0, 0.05) is 59.1 Å². The Hall–Kier alpha value is -8.42. The lowest BCUT2D eigenvalue weighted by atomic mass is 9.81. The van der Waals surface area contributed by atoms with Gasteiger partial charge in [-0.25, -0.2) is 24.9 Å². The third-order valence-corrected chi connectivity index (χ3v) is 12.1. The number of benzene rings is 6. The minimum atomic E-state index is -1.31. The molecule has 1 amide bonds. The highest BCUT2D eigenvalue weighted by Crippen LogP contribution is 2.42. The maximum absolute atomic E-state index is 13.7. The second-order valence-electron chi connectivity index (χ2n) is 16.5. The third-order valence-electron chi connectivity index (χ3n) is 11.5. The van der Waals surface area contributed by atoms with Gasteiger partial charge in [0.05, 0.1) is 0 Å². The Kier molecular flexibility index (Phi) is 18.7.